The quantitative estimate of drug-likeness (QED) is 0.732. The minimum atomic E-state index is -0.0116. The molecule has 0 saturated heterocycles. The molecule has 4 nitrogen and oxygen atoms in total. The molecule has 1 aromatic carbocycles. The number of carbonyl (C=O) groups is 2. The van der Waals surface area contributed by atoms with Gasteiger partial charge in [0, 0.05) is 0 Å². The molecule has 0 unspecified atom stereocenters. The normalized spacial score (nSPS) is 10.3. The van der Waals surface area contributed by atoms with E-state index in [-0.39, 0.29) is 17.1 Å². The van der Waals surface area contributed by atoms with Gasteiger partial charge >= 0.3 is 0 Å². The van der Waals surface area contributed by atoms with E-state index in [4.69, 9.17) is 4.42 Å². The fraction of sp³-hybridized carbons (Fsp3) is 0. The van der Waals surface area contributed by atoms with Crippen molar-refractivity contribution in [2.24, 2.45) is 0 Å². The second-order valence-corrected chi connectivity index (χ2v) is 2.80. The summed E-state index contributed by atoms with van der Waals surface area (Å²) in [5.41, 5.74) is 0.549. The van der Waals surface area contributed by atoms with E-state index < -0.39 is 0 Å². The van der Waals surface area contributed by atoms with Gasteiger partial charge in [-0.3, -0.25) is 9.59 Å². The fourth-order valence-corrected chi connectivity index (χ4v) is 1.30. The van der Waals surface area contributed by atoms with Gasteiger partial charge in [-0.25, -0.2) is 0 Å². The van der Waals surface area contributed by atoms with Gasteiger partial charge in [-0.05, 0) is 18.2 Å². The van der Waals surface area contributed by atoms with Crippen LogP contribution >= 0.6 is 0 Å². The molecule has 0 aliphatic carbocycles. The summed E-state index contributed by atoms with van der Waals surface area (Å²) >= 11 is 0. The number of hydrogen-bond acceptors (Lipinski definition) is 4. The molecule has 4 heteroatoms. The Morgan fingerprint density at radius 3 is 2.64 bits per heavy atom. The van der Waals surface area contributed by atoms with Crippen LogP contribution in [0.1, 0.15) is 20.9 Å². The lowest BCUT2D eigenvalue weighted by Crippen LogP contribution is -1.79. The minimum Gasteiger partial charge on any atom is -0.507 e. The zero-order valence-corrected chi connectivity index (χ0v) is 7.06. The minimum absolute atomic E-state index is 0.0116. The Morgan fingerprint density at radius 1 is 1.21 bits per heavy atom. The van der Waals surface area contributed by atoms with Crippen LogP contribution in [0.2, 0.25) is 0 Å². The van der Waals surface area contributed by atoms with Crippen molar-refractivity contribution in [3.8, 4) is 5.75 Å². The number of phenolic OH excluding ortho intramolecular Hbond substituents is 1. The predicted octanol–water partition coefficient (Wildman–Crippen LogP) is 1.76. The summed E-state index contributed by atoms with van der Waals surface area (Å²) in [6.07, 6.45) is 1.13. The van der Waals surface area contributed by atoms with E-state index in [1.54, 1.807) is 0 Å². The molecular formula is C10H6O4. The number of phenols is 1. The molecule has 14 heavy (non-hydrogen) atoms. The van der Waals surface area contributed by atoms with E-state index >= 15 is 0 Å². The van der Waals surface area contributed by atoms with Gasteiger partial charge in [-0.1, -0.05) is 0 Å². The van der Waals surface area contributed by atoms with Gasteiger partial charge in [0.15, 0.2) is 18.3 Å². The highest BCUT2D eigenvalue weighted by Gasteiger charge is 2.10. The van der Waals surface area contributed by atoms with Crippen molar-refractivity contribution in [3.05, 3.63) is 29.5 Å². The molecule has 70 valence electrons. The van der Waals surface area contributed by atoms with Crippen molar-refractivity contribution in [1.82, 2.24) is 0 Å². The van der Waals surface area contributed by atoms with E-state index in [2.05, 4.69) is 0 Å². The molecule has 1 N–H and O–H groups in total. The van der Waals surface area contributed by atoms with Gasteiger partial charge in [0.25, 0.3) is 0 Å². The Hall–Kier alpha value is -2.10. The van der Waals surface area contributed by atoms with Gasteiger partial charge in [-0.15, -0.1) is 0 Å². The van der Waals surface area contributed by atoms with Crippen LogP contribution in [0.15, 0.2) is 22.6 Å². The number of furan rings is 1. The van der Waals surface area contributed by atoms with Crippen LogP contribution in [0, 0.1) is 0 Å². The molecule has 1 aromatic heterocycles. The first-order valence-electron chi connectivity index (χ1n) is 3.92. The molecule has 0 fully saturated rings. The van der Waals surface area contributed by atoms with Gasteiger partial charge < -0.3 is 9.52 Å². The van der Waals surface area contributed by atoms with E-state index in [9.17, 15) is 14.7 Å². The fourth-order valence-electron chi connectivity index (χ4n) is 1.30. The molecule has 0 atom stereocenters. The van der Waals surface area contributed by atoms with Crippen LogP contribution < -0.4 is 0 Å². The zero-order valence-electron chi connectivity index (χ0n) is 7.06. The van der Waals surface area contributed by atoms with Crippen molar-refractivity contribution in [2.75, 3.05) is 0 Å². The molecule has 0 saturated carbocycles. The lowest BCUT2D eigenvalue weighted by molar-refractivity contribution is 0.109. The highest BCUT2D eigenvalue weighted by molar-refractivity contribution is 5.99. The lowest BCUT2D eigenvalue weighted by Gasteiger charge is -1.94. The van der Waals surface area contributed by atoms with Crippen LogP contribution in [-0.4, -0.2) is 17.7 Å². The third-order valence-corrected chi connectivity index (χ3v) is 1.95. The summed E-state index contributed by atoms with van der Waals surface area (Å²) in [6, 6.07) is 4.21. The second kappa shape index (κ2) is 2.99. The predicted molar refractivity (Wildman–Crippen MR) is 48.7 cm³/mol. The molecule has 0 aliphatic rings. The molecule has 0 bridgehead atoms. The first-order valence-corrected chi connectivity index (χ1v) is 3.92. The van der Waals surface area contributed by atoms with E-state index in [0.29, 0.717) is 23.5 Å². The highest BCUT2D eigenvalue weighted by atomic mass is 16.3. The Morgan fingerprint density at radius 2 is 2.00 bits per heavy atom. The summed E-state index contributed by atoms with van der Waals surface area (Å²) in [5.74, 6) is 0.0760. The average molecular weight is 190 g/mol. The maximum atomic E-state index is 10.6. The molecule has 0 amide bonds. The van der Waals surface area contributed by atoms with Gasteiger partial charge in [0.2, 0.25) is 0 Å². The van der Waals surface area contributed by atoms with E-state index in [0.717, 1.165) is 0 Å². The monoisotopic (exact) mass is 190 g/mol. The van der Waals surface area contributed by atoms with Crippen molar-refractivity contribution < 1.29 is 19.1 Å². The van der Waals surface area contributed by atoms with Crippen LogP contribution in [-0.2, 0) is 0 Å². The van der Waals surface area contributed by atoms with Gasteiger partial charge in [0.1, 0.15) is 11.3 Å². The van der Waals surface area contributed by atoms with Crippen molar-refractivity contribution >= 4 is 23.5 Å². The summed E-state index contributed by atoms with van der Waals surface area (Å²) in [4.78, 5) is 21.0. The second-order valence-electron chi connectivity index (χ2n) is 2.80. The van der Waals surface area contributed by atoms with Crippen molar-refractivity contribution in [1.29, 1.82) is 0 Å². The van der Waals surface area contributed by atoms with E-state index in [1.165, 1.54) is 18.2 Å². The SMILES string of the molecule is O=Cc1cc2c(O)ccc(C=O)c2o1. The topological polar surface area (TPSA) is 67.5 Å². The zero-order chi connectivity index (χ0) is 10.1. The maximum absolute atomic E-state index is 10.6. The number of fused-ring (bicyclic) bond motifs is 1. The Balaban J connectivity index is 2.87. The van der Waals surface area contributed by atoms with Crippen molar-refractivity contribution in [3.63, 3.8) is 0 Å². The Kier molecular flexibility index (Phi) is 1.81. The molecule has 0 aliphatic heterocycles. The van der Waals surface area contributed by atoms with Crippen LogP contribution in [0.25, 0.3) is 11.0 Å². The number of aldehydes is 2. The maximum Gasteiger partial charge on any atom is 0.185 e. The lowest BCUT2D eigenvalue weighted by atomic mass is 10.1. The summed E-state index contributed by atoms with van der Waals surface area (Å²) in [7, 11) is 0. The van der Waals surface area contributed by atoms with Gasteiger partial charge in [-0.2, -0.15) is 0 Å². The third-order valence-electron chi connectivity index (χ3n) is 1.95. The van der Waals surface area contributed by atoms with Crippen LogP contribution in [0.3, 0.4) is 0 Å². The molecule has 2 rings (SSSR count). The Labute approximate surface area is 78.8 Å². The third kappa shape index (κ3) is 1.08. The highest BCUT2D eigenvalue weighted by Crippen LogP contribution is 2.29. The average Bonchev–Trinajstić information content (AvgIpc) is 2.63. The van der Waals surface area contributed by atoms with E-state index in [1.807, 2.05) is 0 Å². The molecule has 1 heterocycles. The first kappa shape index (κ1) is 8.50. The standard InChI is InChI=1S/C10H6O4/c11-4-6-1-2-9(13)8-3-7(5-12)14-10(6)8/h1-5,13H. The van der Waals surface area contributed by atoms with Gasteiger partial charge in [0.05, 0.1) is 10.9 Å². The molecular weight excluding hydrogens is 184 g/mol. The Bertz CT molecular complexity index is 510. The largest absolute Gasteiger partial charge is 0.507 e. The smallest absolute Gasteiger partial charge is 0.185 e. The molecule has 0 radical (unpaired) electrons. The summed E-state index contributed by atoms with van der Waals surface area (Å²) < 4.78 is 5.06. The number of benzene rings is 1. The first-order chi connectivity index (χ1) is 6.76. The number of aromatic hydroxyl groups is 1. The summed E-state index contributed by atoms with van der Waals surface area (Å²) in [5, 5.41) is 9.78. The number of hydrogen-bond donors (Lipinski definition) is 1. The number of carbonyl (C=O) groups excluding carboxylic acids is 2. The van der Waals surface area contributed by atoms with Crippen LogP contribution in [0.4, 0.5) is 0 Å². The van der Waals surface area contributed by atoms with Crippen molar-refractivity contribution in [2.45, 2.75) is 0 Å². The summed E-state index contributed by atoms with van der Waals surface area (Å²) in [6.45, 7) is 0. The molecule has 2 aromatic rings. The van der Waals surface area contributed by atoms with Crippen LogP contribution in [0.5, 0.6) is 5.75 Å². The molecule has 0 spiro atoms. The number of rotatable bonds is 2.